The summed E-state index contributed by atoms with van der Waals surface area (Å²) < 4.78 is 0. The molecule has 1 aliphatic heterocycles. The van der Waals surface area contributed by atoms with Crippen LogP contribution in [0.2, 0.25) is 0 Å². The third-order valence-corrected chi connectivity index (χ3v) is 7.09. The summed E-state index contributed by atoms with van der Waals surface area (Å²) in [6.07, 6.45) is 10.6. The second-order valence-corrected chi connectivity index (χ2v) is 9.93. The molecular weight excluding hydrogens is 480 g/mol. The minimum Gasteiger partial charge on any atom is -0.395 e. The zero-order valence-corrected chi connectivity index (χ0v) is 21.2. The lowest BCUT2D eigenvalue weighted by atomic mass is 10.1. The number of hydrogen-bond donors (Lipinski definition) is 4. The number of rotatable bonds is 7. The Balaban J connectivity index is 1.24. The van der Waals surface area contributed by atoms with Crippen LogP contribution in [-0.2, 0) is 4.79 Å². The number of nitrogen functional groups attached to an aromatic ring is 1. The first-order valence-corrected chi connectivity index (χ1v) is 12.7. The standard InChI is InChI=1S/C27H30N10O/c1-16(32-22-14-30-15-23(24(22)28)37-7-5-36(2)6-8-37)25-21-10-19(12-31-26(21)35-34-25)18-9-20(13-29-11-18)33-27(38)17-3-4-17/h9-15,17,32H,1,3-8H2,2H3,(H2,28,30)(H,33,38)(H,31,34,35). The summed E-state index contributed by atoms with van der Waals surface area (Å²) in [7, 11) is 2.12. The van der Waals surface area contributed by atoms with Crippen LogP contribution in [0.4, 0.5) is 22.7 Å². The van der Waals surface area contributed by atoms with E-state index in [2.05, 4.69) is 59.2 Å². The predicted molar refractivity (Wildman–Crippen MR) is 149 cm³/mol. The molecule has 2 fully saturated rings. The number of anilines is 4. The molecular formula is C27H30N10O. The molecule has 5 heterocycles. The number of H-pyrrole nitrogens is 1. The highest BCUT2D eigenvalue weighted by Crippen LogP contribution is 2.34. The molecule has 0 unspecified atom stereocenters. The van der Waals surface area contributed by atoms with Crippen LogP contribution in [0.3, 0.4) is 0 Å². The Hall–Kier alpha value is -4.51. The van der Waals surface area contributed by atoms with Gasteiger partial charge in [0.1, 0.15) is 0 Å². The highest BCUT2D eigenvalue weighted by Gasteiger charge is 2.29. The average molecular weight is 511 g/mol. The van der Waals surface area contributed by atoms with Crippen molar-refractivity contribution in [3.05, 3.63) is 55.4 Å². The van der Waals surface area contributed by atoms with Crippen molar-refractivity contribution < 1.29 is 4.79 Å². The molecule has 0 radical (unpaired) electrons. The van der Waals surface area contributed by atoms with Crippen molar-refractivity contribution in [3.63, 3.8) is 0 Å². The minimum absolute atomic E-state index is 0.0440. The molecule has 6 rings (SSSR count). The SMILES string of the molecule is C=C(Nc1cncc(N2CCN(C)CC2)c1N)c1[nH]nc2ncc(-c3cncc(NC(=O)C4CC4)c3)cc12. The molecule has 38 heavy (non-hydrogen) atoms. The highest BCUT2D eigenvalue weighted by molar-refractivity contribution is 5.96. The van der Waals surface area contributed by atoms with Gasteiger partial charge in [-0.05, 0) is 32.0 Å². The van der Waals surface area contributed by atoms with Crippen molar-refractivity contribution in [3.8, 4) is 11.1 Å². The number of aromatic nitrogens is 5. The van der Waals surface area contributed by atoms with Crippen molar-refractivity contribution >= 4 is 45.4 Å². The van der Waals surface area contributed by atoms with E-state index in [9.17, 15) is 4.79 Å². The van der Waals surface area contributed by atoms with E-state index in [-0.39, 0.29) is 11.8 Å². The number of piperazine rings is 1. The Morgan fingerprint density at radius 1 is 1.03 bits per heavy atom. The highest BCUT2D eigenvalue weighted by atomic mass is 16.2. The first-order chi connectivity index (χ1) is 18.5. The van der Waals surface area contributed by atoms with Crippen LogP contribution >= 0.6 is 0 Å². The van der Waals surface area contributed by atoms with Gasteiger partial charge < -0.3 is 26.2 Å². The van der Waals surface area contributed by atoms with Gasteiger partial charge >= 0.3 is 0 Å². The van der Waals surface area contributed by atoms with E-state index in [1.165, 1.54) is 0 Å². The second kappa shape index (κ2) is 9.75. The number of carbonyl (C=O) groups is 1. The number of nitrogens with two attached hydrogens (primary N) is 1. The maximum absolute atomic E-state index is 12.2. The summed E-state index contributed by atoms with van der Waals surface area (Å²) in [5.74, 6) is 0.164. The van der Waals surface area contributed by atoms with Crippen LogP contribution in [0.5, 0.6) is 0 Å². The van der Waals surface area contributed by atoms with Gasteiger partial charge in [0.2, 0.25) is 5.91 Å². The van der Waals surface area contributed by atoms with Gasteiger partial charge in [0.15, 0.2) is 5.65 Å². The Morgan fingerprint density at radius 3 is 2.58 bits per heavy atom. The van der Waals surface area contributed by atoms with Gasteiger partial charge in [-0.25, -0.2) is 4.98 Å². The smallest absolute Gasteiger partial charge is 0.227 e. The topological polar surface area (TPSA) is 141 Å². The minimum atomic E-state index is 0.0440. The van der Waals surface area contributed by atoms with Gasteiger partial charge in [0.25, 0.3) is 0 Å². The number of carbonyl (C=O) groups excluding carboxylic acids is 1. The molecule has 5 N–H and O–H groups in total. The molecule has 4 aromatic rings. The molecule has 2 aliphatic rings. The maximum Gasteiger partial charge on any atom is 0.227 e. The van der Waals surface area contributed by atoms with Gasteiger partial charge in [-0.1, -0.05) is 6.58 Å². The van der Waals surface area contributed by atoms with Crippen LogP contribution in [0, 0.1) is 5.92 Å². The monoisotopic (exact) mass is 510 g/mol. The van der Waals surface area contributed by atoms with Crippen LogP contribution < -0.4 is 21.3 Å². The van der Waals surface area contributed by atoms with E-state index in [1.807, 2.05) is 18.3 Å². The summed E-state index contributed by atoms with van der Waals surface area (Å²) in [6.45, 7) is 7.98. The lowest BCUT2D eigenvalue weighted by molar-refractivity contribution is -0.117. The van der Waals surface area contributed by atoms with Crippen LogP contribution in [0.15, 0.2) is 49.7 Å². The number of hydrogen-bond acceptors (Lipinski definition) is 9. The predicted octanol–water partition coefficient (Wildman–Crippen LogP) is 3.18. The van der Waals surface area contributed by atoms with Crippen molar-refractivity contribution in [1.82, 2.24) is 30.0 Å². The quantitative estimate of drug-likeness (QED) is 0.295. The van der Waals surface area contributed by atoms with E-state index >= 15 is 0 Å². The van der Waals surface area contributed by atoms with Crippen molar-refractivity contribution in [2.45, 2.75) is 12.8 Å². The van der Waals surface area contributed by atoms with Gasteiger partial charge in [-0.3, -0.25) is 19.9 Å². The van der Waals surface area contributed by atoms with Crippen molar-refractivity contribution in [1.29, 1.82) is 0 Å². The Kier molecular flexibility index (Phi) is 6.12. The molecule has 0 spiro atoms. The normalized spacial score (nSPS) is 16.0. The summed E-state index contributed by atoms with van der Waals surface area (Å²) >= 11 is 0. The molecule has 0 bridgehead atoms. The third kappa shape index (κ3) is 4.75. The molecule has 11 heteroatoms. The maximum atomic E-state index is 12.2. The van der Waals surface area contributed by atoms with Crippen LogP contribution in [-0.4, -0.2) is 69.2 Å². The molecule has 11 nitrogen and oxygen atoms in total. The number of fused-ring (bicyclic) bond motifs is 1. The lowest BCUT2D eigenvalue weighted by Gasteiger charge is -2.34. The molecule has 0 aromatic carbocycles. The van der Waals surface area contributed by atoms with Crippen LogP contribution in [0.25, 0.3) is 27.9 Å². The van der Waals surface area contributed by atoms with E-state index in [0.717, 1.165) is 61.2 Å². The molecule has 1 amide bonds. The van der Waals surface area contributed by atoms with E-state index in [4.69, 9.17) is 5.73 Å². The van der Waals surface area contributed by atoms with Gasteiger partial charge in [-0.2, -0.15) is 5.10 Å². The molecule has 1 saturated heterocycles. The molecule has 1 saturated carbocycles. The molecule has 4 aromatic heterocycles. The Labute approximate surface area is 220 Å². The summed E-state index contributed by atoms with van der Waals surface area (Å²) in [4.78, 5) is 30.0. The summed E-state index contributed by atoms with van der Waals surface area (Å²) in [5.41, 5.74) is 13.0. The fourth-order valence-electron chi connectivity index (χ4n) is 4.63. The van der Waals surface area contributed by atoms with E-state index in [1.54, 1.807) is 24.8 Å². The molecule has 194 valence electrons. The molecule has 1 aliphatic carbocycles. The molecule has 0 atom stereocenters. The number of nitrogens with zero attached hydrogens (tertiary/aromatic N) is 6. The number of aromatic amines is 1. The summed E-state index contributed by atoms with van der Waals surface area (Å²) in [6, 6.07) is 3.89. The van der Waals surface area contributed by atoms with Crippen LogP contribution in [0.1, 0.15) is 18.5 Å². The average Bonchev–Trinajstić information content (AvgIpc) is 3.70. The number of amides is 1. The fourth-order valence-corrected chi connectivity index (χ4v) is 4.63. The van der Waals surface area contributed by atoms with Crippen molar-refractivity contribution in [2.24, 2.45) is 5.92 Å². The van der Waals surface area contributed by atoms with E-state index in [0.29, 0.717) is 34.1 Å². The number of likely N-dealkylation sites (N-methyl/N-ethyl adjacent to an activating group) is 1. The first-order valence-electron chi connectivity index (χ1n) is 12.7. The van der Waals surface area contributed by atoms with E-state index < -0.39 is 0 Å². The van der Waals surface area contributed by atoms with Gasteiger partial charge in [-0.15, -0.1) is 0 Å². The fraction of sp³-hybridized carbons (Fsp3) is 0.296. The zero-order chi connectivity index (χ0) is 26.2. The van der Waals surface area contributed by atoms with Gasteiger partial charge in [0.05, 0.1) is 52.7 Å². The second-order valence-electron chi connectivity index (χ2n) is 9.93. The van der Waals surface area contributed by atoms with Crippen molar-refractivity contribution in [2.75, 3.05) is 54.5 Å². The Bertz CT molecular complexity index is 1520. The van der Waals surface area contributed by atoms with Gasteiger partial charge in [0, 0.05) is 61.0 Å². The third-order valence-electron chi connectivity index (χ3n) is 7.09. The zero-order valence-electron chi connectivity index (χ0n) is 21.2. The first kappa shape index (κ1) is 23.9. The Morgan fingerprint density at radius 2 is 1.79 bits per heavy atom. The summed E-state index contributed by atoms with van der Waals surface area (Å²) in [5, 5.41) is 14.5. The largest absolute Gasteiger partial charge is 0.395 e. The lowest BCUT2D eigenvalue weighted by Crippen LogP contribution is -2.44. The number of nitrogens with one attached hydrogen (secondary N) is 3. The number of pyridine rings is 3.